The third-order valence-electron chi connectivity index (χ3n) is 4.03. The number of ether oxygens (including phenoxy) is 1. The van der Waals surface area contributed by atoms with Gasteiger partial charge in [0.2, 0.25) is 0 Å². The molecule has 1 saturated carbocycles. The van der Waals surface area contributed by atoms with Crippen LogP contribution in [0.5, 0.6) is 5.75 Å². The van der Waals surface area contributed by atoms with Gasteiger partial charge in [-0.25, -0.2) is 0 Å². The Balaban J connectivity index is 1.71. The zero-order valence-corrected chi connectivity index (χ0v) is 16.9. The van der Waals surface area contributed by atoms with Crippen LogP contribution in [0.1, 0.15) is 36.3 Å². The molecule has 0 saturated heterocycles. The minimum absolute atomic E-state index is 0.102. The van der Waals surface area contributed by atoms with Crippen molar-refractivity contribution in [3.8, 4) is 5.75 Å². The fourth-order valence-electron chi connectivity index (χ4n) is 2.69. The number of carbonyl (C=O) groups is 1. The van der Waals surface area contributed by atoms with Crippen LogP contribution in [0.4, 0.5) is 0 Å². The summed E-state index contributed by atoms with van der Waals surface area (Å²) in [7, 11) is 0. The van der Waals surface area contributed by atoms with Crippen molar-refractivity contribution in [2.45, 2.75) is 31.8 Å². The van der Waals surface area contributed by atoms with Gasteiger partial charge in [-0.3, -0.25) is 4.79 Å². The molecule has 1 aromatic carbocycles. The van der Waals surface area contributed by atoms with Crippen LogP contribution in [0.15, 0.2) is 34.1 Å². The Hall–Kier alpha value is -0.600. The second kappa shape index (κ2) is 7.53. The molecule has 1 heterocycles. The van der Waals surface area contributed by atoms with Crippen molar-refractivity contribution < 1.29 is 14.6 Å². The van der Waals surface area contributed by atoms with E-state index in [2.05, 4.69) is 43.9 Å². The molecule has 0 bridgehead atoms. The van der Waals surface area contributed by atoms with Crippen LogP contribution in [0.25, 0.3) is 0 Å². The van der Waals surface area contributed by atoms with E-state index in [-0.39, 0.29) is 12.3 Å². The highest BCUT2D eigenvalue weighted by molar-refractivity contribution is 14.1. The standard InChI is InChI=1S/C17H16BrIO3S/c18-16-12(9-23-17(16)19)8-22-13-3-1-2-11(6-13)14(7-15(20)21)10-4-5-10/h1-3,6,9-10,14H,4-5,7-8H2,(H,20,21). The number of rotatable bonds is 7. The average molecular weight is 507 g/mol. The van der Waals surface area contributed by atoms with Crippen LogP contribution in [0.3, 0.4) is 0 Å². The van der Waals surface area contributed by atoms with Crippen molar-refractivity contribution in [1.29, 1.82) is 0 Å². The SMILES string of the molecule is O=C(O)CC(c1cccc(OCc2csc(I)c2Br)c1)C1CC1. The fourth-order valence-corrected chi connectivity index (χ4v) is 4.74. The van der Waals surface area contributed by atoms with Crippen LogP contribution in [-0.4, -0.2) is 11.1 Å². The highest BCUT2D eigenvalue weighted by atomic mass is 127. The Labute approximate surface area is 161 Å². The molecule has 122 valence electrons. The third-order valence-corrected chi connectivity index (χ3v) is 8.05. The lowest BCUT2D eigenvalue weighted by Gasteiger charge is -2.16. The summed E-state index contributed by atoms with van der Waals surface area (Å²) in [5.41, 5.74) is 2.21. The summed E-state index contributed by atoms with van der Waals surface area (Å²) >= 11 is 7.56. The van der Waals surface area contributed by atoms with E-state index >= 15 is 0 Å². The molecule has 1 aliphatic carbocycles. The van der Waals surface area contributed by atoms with Gasteiger partial charge >= 0.3 is 5.97 Å². The Morgan fingerprint density at radius 3 is 2.87 bits per heavy atom. The van der Waals surface area contributed by atoms with Gasteiger partial charge in [-0.15, -0.1) is 11.3 Å². The predicted molar refractivity (Wildman–Crippen MR) is 103 cm³/mol. The van der Waals surface area contributed by atoms with Gasteiger partial charge < -0.3 is 9.84 Å². The number of aliphatic carboxylic acids is 1. The summed E-state index contributed by atoms with van der Waals surface area (Å²) in [6.07, 6.45) is 2.45. The quantitative estimate of drug-likeness (QED) is 0.492. The molecule has 1 aromatic heterocycles. The van der Waals surface area contributed by atoms with Crippen molar-refractivity contribution in [3.63, 3.8) is 0 Å². The summed E-state index contributed by atoms with van der Waals surface area (Å²) < 4.78 is 8.22. The van der Waals surface area contributed by atoms with Crippen LogP contribution < -0.4 is 4.74 Å². The van der Waals surface area contributed by atoms with Crippen LogP contribution in [-0.2, 0) is 11.4 Å². The molecule has 1 N–H and O–H groups in total. The van der Waals surface area contributed by atoms with Gasteiger partial charge in [-0.1, -0.05) is 12.1 Å². The van der Waals surface area contributed by atoms with Gasteiger partial charge in [0.25, 0.3) is 0 Å². The molecule has 3 rings (SSSR count). The topological polar surface area (TPSA) is 46.5 Å². The number of benzene rings is 1. The normalized spacial score (nSPS) is 15.4. The van der Waals surface area contributed by atoms with Crippen molar-refractivity contribution >= 4 is 55.8 Å². The molecule has 23 heavy (non-hydrogen) atoms. The number of hydrogen-bond donors (Lipinski definition) is 1. The Kier molecular flexibility index (Phi) is 5.64. The van der Waals surface area contributed by atoms with E-state index in [0.717, 1.165) is 34.2 Å². The first kappa shape index (κ1) is 17.2. The van der Waals surface area contributed by atoms with Crippen molar-refractivity contribution in [2.24, 2.45) is 5.92 Å². The smallest absolute Gasteiger partial charge is 0.303 e. The second-order valence-corrected chi connectivity index (χ2v) is 9.23. The average Bonchev–Trinajstić information content (AvgIpc) is 3.32. The van der Waals surface area contributed by atoms with Crippen molar-refractivity contribution in [1.82, 2.24) is 0 Å². The lowest BCUT2D eigenvalue weighted by Crippen LogP contribution is -2.08. The maximum Gasteiger partial charge on any atom is 0.303 e. The monoisotopic (exact) mass is 506 g/mol. The lowest BCUT2D eigenvalue weighted by atomic mass is 9.91. The predicted octanol–water partition coefficient (Wildman–Crippen LogP) is 5.66. The third kappa shape index (κ3) is 4.48. The highest BCUT2D eigenvalue weighted by Crippen LogP contribution is 2.45. The van der Waals surface area contributed by atoms with Gasteiger partial charge in [0, 0.05) is 10.0 Å². The summed E-state index contributed by atoms with van der Waals surface area (Å²) in [4.78, 5) is 11.1. The Morgan fingerprint density at radius 1 is 1.48 bits per heavy atom. The molecule has 0 amide bonds. The molecule has 1 atom stereocenters. The largest absolute Gasteiger partial charge is 0.489 e. The molecule has 1 aliphatic rings. The van der Waals surface area contributed by atoms with Gasteiger partial charge in [0.15, 0.2) is 0 Å². The van der Waals surface area contributed by atoms with E-state index in [1.165, 1.54) is 2.88 Å². The number of thiophene rings is 1. The van der Waals surface area contributed by atoms with E-state index in [1.54, 1.807) is 11.3 Å². The summed E-state index contributed by atoms with van der Waals surface area (Å²) in [6, 6.07) is 7.90. The lowest BCUT2D eigenvalue weighted by molar-refractivity contribution is -0.137. The van der Waals surface area contributed by atoms with Crippen LogP contribution in [0, 0.1) is 8.80 Å². The van der Waals surface area contributed by atoms with Gasteiger partial charge in [-0.05, 0) is 86.3 Å². The molecule has 3 nitrogen and oxygen atoms in total. The Morgan fingerprint density at radius 2 is 2.26 bits per heavy atom. The van der Waals surface area contributed by atoms with Crippen LogP contribution >= 0.6 is 49.9 Å². The molecule has 1 fully saturated rings. The van der Waals surface area contributed by atoms with Gasteiger partial charge in [0.05, 0.1) is 9.30 Å². The van der Waals surface area contributed by atoms with E-state index in [1.807, 2.05) is 24.3 Å². The maximum absolute atomic E-state index is 11.1. The number of hydrogen-bond acceptors (Lipinski definition) is 3. The number of halogens is 2. The maximum atomic E-state index is 11.1. The summed E-state index contributed by atoms with van der Waals surface area (Å²) in [6.45, 7) is 0.510. The molecular formula is C17H16BrIO3S. The fraction of sp³-hybridized carbons (Fsp3) is 0.353. The van der Waals surface area contributed by atoms with Crippen LogP contribution in [0.2, 0.25) is 0 Å². The summed E-state index contributed by atoms with van der Waals surface area (Å²) in [5, 5.41) is 11.2. The van der Waals surface area contributed by atoms with Crippen molar-refractivity contribution in [2.75, 3.05) is 0 Å². The molecular weight excluding hydrogens is 491 g/mol. The van der Waals surface area contributed by atoms with E-state index in [0.29, 0.717) is 12.5 Å². The molecule has 0 spiro atoms. The van der Waals surface area contributed by atoms with E-state index in [4.69, 9.17) is 9.84 Å². The van der Waals surface area contributed by atoms with Crippen molar-refractivity contribution in [3.05, 3.63) is 48.1 Å². The minimum atomic E-state index is -0.731. The molecule has 2 aromatic rings. The first-order valence-corrected chi connectivity index (χ1v) is 10.2. The first-order valence-electron chi connectivity index (χ1n) is 7.40. The first-order chi connectivity index (χ1) is 11.0. The number of carboxylic acid groups (broad SMARTS) is 1. The second-order valence-electron chi connectivity index (χ2n) is 5.75. The zero-order chi connectivity index (χ0) is 16.4. The molecule has 6 heteroatoms. The summed E-state index contributed by atoms with van der Waals surface area (Å²) in [5.74, 6) is 0.676. The number of carboxylic acids is 1. The van der Waals surface area contributed by atoms with Gasteiger partial charge in [0.1, 0.15) is 12.4 Å². The zero-order valence-electron chi connectivity index (χ0n) is 12.3. The Bertz CT molecular complexity index is 712. The molecule has 0 aliphatic heterocycles. The minimum Gasteiger partial charge on any atom is -0.489 e. The highest BCUT2D eigenvalue weighted by Gasteiger charge is 2.33. The van der Waals surface area contributed by atoms with E-state index in [9.17, 15) is 4.79 Å². The van der Waals surface area contributed by atoms with Gasteiger partial charge in [-0.2, -0.15) is 0 Å². The van der Waals surface area contributed by atoms with E-state index < -0.39 is 5.97 Å². The molecule has 1 unspecified atom stereocenters. The molecule has 0 radical (unpaired) electrons.